The van der Waals surface area contributed by atoms with E-state index in [9.17, 15) is 4.79 Å². The normalized spacial score (nSPS) is 31.2. The molecule has 3 unspecified atom stereocenters. The molecular formula is C19H29NO2Sn. The molecule has 2 fully saturated rings. The molecule has 0 radical (unpaired) electrons. The van der Waals surface area contributed by atoms with E-state index in [-0.39, 0.29) is 11.9 Å². The number of carbonyl (C=O) groups is 1. The van der Waals surface area contributed by atoms with Gasteiger partial charge in [-0.05, 0) is 0 Å². The van der Waals surface area contributed by atoms with Crippen LogP contribution in [0.25, 0.3) is 0 Å². The molecule has 2 aliphatic heterocycles. The predicted octanol–water partition coefficient (Wildman–Crippen LogP) is 2.97. The van der Waals surface area contributed by atoms with Crippen molar-refractivity contribution >= 4 is 27.9 Å². The average Bonchev–Trinajstić information content (AvgIpc) is 2.75. The summed E-state index contributed by atoms with van der Waals surface area (Å²) in [6, 6.07) is 10.2. The summed E-state index contributed by atoms with van der Waals surface area (Å²) in [6.07, 6.45) is 3.40. The quantitative estimate of drug-likeness (QED) is 0.555. The minimum atomic E-state index is -2.01. The Morgan fingerprint density at radius 1 is 1.17 bits per heavy atom. The fourth-order valence-corrected chi connectivity index (χ4v) is 7.83. The Hall–Kier alpha value is -0.551. The van der Waals surface area contributed by atoms with Crippen molar-refractivity contribution < 1.29 is 9.53 Å². The number of hydrogen-bond donors (Lipinski definition) is 0. The summed E-state index contributed by atoms with van der Waals surface area (Å²) in [7, 11) is 3.70. The van der Waals surface area contributed by atoms with Crippen molar-refractivity contribution in [3.63, 3.8) is 0 Å². The zero-order valence-electron chi connectivity index (χ0n) is 15.0. The van der Waals surface area contributed by atoms with Gasteiger partial charge in [0.05, 0.1) is 0 Å². The number of hydrogen-bond acceptors (Lipinski definition) is 3. The molecule has 0 saturated carbocycles. The molecule has 126 valence electrons. The third-order valence-corrected chi connectivity index (χ3v) is 11.8. The monoisotopic (exact) mass is 423 g/mol. The van der Waals surface area contributed by atoms with E-state index >= 15 is 0 Å². The fourth-order valence-electron chi connectivity index (χ4n) is 4.50. The van der Waals surface area contributed by atoms with Gasteiger partial charge in [0.2, 0.25) is 0 Å². The molecule has 0 N–H and O–H groups in total. The Kier molecular flexibility index (Phi) is 4.80. The van der Waals surface area contributed by atoms with E-state index < -0.39 is 18.4 Å². The van der Waals surface area contributed by atoms with Crippen LogP contribution in [0.5, 0.6) is 0 Å². The summed E-state index contributed by atoms with van der Waals surface area (Å²) < 4.78 is 6.71. The first-order chi connectivity index (χ1) is 10.8. The number of benzene rings is 1. The first-order valence-electron chi connectivity index (χ1n) is 8.73. The Morgan fingerprint density at radius 3 is 2.39 bits per heavy atom. The third kappa shape index (κ3) is 3.19. The van der Waals surface area contributed by atoms with Crippen LogP contribution in [0.15, 0.2) is 24.3 Å². The van der Waals surface area contributed by atoms with Crippen LogP contribution in [0.4, 0.5) is 0 Å². The van der Waals surface area contributed by atoms with E-state index in [4.69, 9.17) is 4.74 Å². The van der Waals surface area contributed by atoms with E-state index in [1.807, 2.05) is 0 Å². The van der Waals surface area contributed by atoms with Crippen molar-refractivity contribution in [3.05, 3.63) is 29.8 Å². The summed E-state index contributed by atoms with van der Waals surface area (Å²) in [4.78, 5) is 22.2. The van der Waals surface area contributed by atoms with Crippen LogP contribution in [0, 0.1) is 5.92 Å². The third-order valence-electron chi connectivity index (χ3n) is 5.95. The van der Waals surface area contributed by atoms with Crippen molar-refractivity contribution in [2.45, 2.75) is 52.1 Å². The van der Waals surface area contributed by atoms with E-state index in [0.717, 1.165) is 12.8 Å². The standard InChI is InChI=1S/C16H20NO2.3CH3.Sn/c1-17-12-8-9-14(17)15(16(18)19-2)13(10-12)11-6-4-3-5-7-11;;;;/h4-7,12-15H,8-10H2,1-2H3;3*1H3;/t12?,13?,14?,15-;;;;/m0..../s1. The number of nitrogens with zero attached hydrogens (tertiary/aromatic N) is 1. The van der Waals surface area contributed by atoms with E-state index in [1.54, 1.807) is 3.58 Å². The first kappa shape index (κ1) is 17.3. The molecule has 3 rings (SSSR count). The maximum absolute atomic E-state index is 12.5. The second-order valence-electron chi connectivity index (χ2n) is 8.23. The summed E-state index contributed by atoms with van der Waals surface area (Å²) in [5.41, 5.74) is 1.32. The topological polar surface area (TPSA) is 29.5 Å². The van der Waals surface area contributed by atoms with Crippen LogP contribution in [-0.4, -0.2) is 55.5 Å². The molecule has 2 aliphatic rings. The first-order valence-corrected chi connectivity index (χ1v) is 18.7. The van der Waals surface area contributed by atoms with E-state index in [1.165, 1.54) is 19.1 Å². The summed E-state index contributed by atoms with van der Waals surface area (Å²) in [5.74, 6) is 0.249. The van der Waals surface area contributed by atoms with Gasteiger partial charge >= 0.3 is 144 Å². The Bertz CT molecular complexity index is 578. The van der Waals surface area contributed by atoms with Gasteiger partial charge in [0, 0.05) is 0 Å². The van der Waals surface area contributed by atoms with Gasteiger partial charge in [0.25, 0.3) is 0 Å². The number of rotatable bonds is 3. The van der Waals surface area contributed by atoms with Crippen LogP contribution in [0.3, 0.4) is 0 Å². The van der Waals surface area contributed by atoms with Gasteiger partial charge in [0.1, 0.15) is 0 Å². The molecule has 0 aromatic heterocycles. The zero-order chi connectivity index (χ0) is 16.8. The molecule has 2 heterocycles. The molecule has 1 aromatic carbocycles. The molecule has 0 aliphatic carbocycles. The Labute approximate surface area is 144 Å². The average molecular weight is 422 g/mol. The minimum absolute atomic E-state index is 0.0206. The van der Waals surface area contributed by atoms with Gasteiger partial charge < -0.3 is 0 Å². The number of methoxy groups -OCH3 is 1. The van der Waals surface area contributed by atoms with Crippen LogP contribution in [0.1, 0.15) is 30.7 Å². The van der Waals surface area contributed by atoms with Crippen molar-refractivity contribution in [2.75, 3.05) is 14.2 Å². The van der Waals surface area contributed by atoms with Gasteiger partial charge in [0.15, 0.2) is 0 Å². The van der Waals surface area contributed by atoms with Gasteiger partial charge in [-0.1, -0.05) is 0 Å². The second kappa shape index (κ2) is 6.40. The number of ether oxygens (including phenoxy) is 1. The van der Waals surface area contributed by atoms with Crippen molar-refractivity contribution in [1.29, 1.82) is 0 Å². The molecule has 2 bridgehead atoms. The van der Waals surface area contributed by atoms with Crippen molar-refractivity contribution in [2.24, 2.45) is 5.92 Å². The second-order valence-corrected chi connectivity index (χ2v) is 22.7. The van der Waals surface area contributed by atoms with Crippen LogP contribution >= 0.6 is 0 Å². The molecular weight excluding hydrogens is 393 g/mol. The zero-order valence-corrected chi connectivity index (χ0v) is 17.9. The van der Waals surface area contributed by atoms with Crippen molar-refractivity contribution in [1.82, 2.24) is 4.90 Å². The Balaban J connectivity index is 1.92. The van der Waals surface area contributed by atoms with Crippen molar-refractivity contribution in [3.8, 4) is 0 Å². The van der Waals surface area contributed by atoms with E-state index in [2.05, 4.69) is 51.0 Å². The SMILES string of the molecule is COC(=O)[C@H]1C(c2cc[c]([Sn]([CH3])([CH3])[CH3])cc2)CC2CCC1N2C. The van der Waals surface area contributed by atoms with Gasteiger partial charge in [-0.15, -0.1) is 0 Å². The van der Waals surface area contributed by atoms with Gasteiger partial charge in [-0.3, -0.25) is 0 Å². The molecule has 4 heteroatoms. The van der Waals surface area contributed by atoms with Gasteiger partial charge in [-0.2, -0.15) is 0 Å². The van der Waals surface area contributed by atoms with Gasteiger partial charge in [-0.25, -0.2) is 0 Å². The number of piperidine rings is 1. The molecule has 0 amide bonds. The van der Waals surface area contributed by atoms with E-state index in [0.29, 0.717) is 18.0 Å². The van der Waals surface area contributed by atoms with Crippen LogP contribution in [0.2, 0.25) is 14.8 Å². The van der Waals surface area contributed by atoms with Crippen LogP contribution < -0.4 is 3.58 Å². The molecule has 1 aromatic rings. The fraction of sp³-hybridized carbons (Fsp3) is 0.632. The molecule has 3 nitrogen and oxygen atoms in total. The predicted molar refractivity (Wildman–Crippen MR) is 96.9 cm³/mol. The number of esters is 1. The summed E-state index contributed by atoms with van der Waals surface area (Å²) in [5, 5.41) is 0. The van der Waals surface area contributed by atoms with Crippen LogP contribution in [-0.2, 0) is 9.53 Å². The summed E-state index contributed by atoms with van der Waals surface area (Å²) >= 11 is -2.01. The molecule has 2 saturated heterocycles. The number of carbonyl (C=O) groups excluding carboxylic acids is 1. The molecule has 0 spiro atoms. The Morgan fingerprint density at radius 2 is 1.83 bits per heavy atom. The molecule has 23 heavy (non-hydrogen) atoms. The molecule has 4 atom stereocenters. The maximum atomic E-state index is 12.5. The number of fused-ring (bicyclic) bond motifs is 2. The summed E-state index contributed by atoms with van der Waals surface area (Å²) in [6.45, 7) is 0.